The quantitative estimate of drug-likeness (QED) is 0.652. The average Bonchev–Trinajstić information content (AvgIpc) is 2.69. The third kappa shape index (κ3) is 4.91. The standard InChI is InChI=1S/C9H17NO5S/c1-14-9(11)3-2-6-16(12,13)10-8-4-5-15-7-8/h8,10H,2-7H2,1H3. The molecule has 16 heavy (non-hydrogen) atoms. The largest absolute Gasteiger partial charge is 0.469 e. The summed E-state index contributed by atoms with van der Waals surface area (Å²) in [5.41, 5.74) is 0. The van der Waals surface area contributed by atoms with E-state index in [0.717, 1.165) is 0 Å². The number of sulfonamides is 1. The van der Waals surface area contributed by atoms with E-state index in [1.54, 1.807) is 0 Å². The first-order valence-electron chi connectivity index (χ1n) is 5.18. The lowest BCUT2D eigenvalue weighted by atomic mass is 10.3. The van der Waals surface area contributed by atoms with E-state index in [1.807, 2.05) is 0 Å². The summed E-state index contributed by atoms with van der Waals surface area (Å²) in [6.45, 7) is 1.02. The van der Waals surface area contributed by atoms with Gasteiger partial charge in [0.1, 0.15) is 0 Å². The summed E-state index contributed by atoms with van der Waals surface area (Å²) in [5.74, 6) is -0.446. The maximum absolute atomic E-state index is 11.5. The fourth-order valence-corrected chi connectivity index (χ4v) is 2.78. The molecule has 1 saturated heterocycles. The van der Waals surface area contributed by atoms with Crippen LogP contribution in [0.4, 0.5) is 0 Å². The van der Waals surface area contributed by atoms with Gasteiger partial charge in [0.05, 0.1) is 19.5 Å². The zero-order chi connectivity index (χ0) is 12.0. The molecule has 1 unspecified atom stereocenters. The summed E-state index contributed by atoms with van der Waals surface area (Å²) >= 11 is 0. The van der Waals surface area contributed by atoms with Crippen molar-refractivity contribution in [2.75, 3.05) is 26.1 Å². The Morgan fingerprint density at radius 1 is 1.56 bits per heavy atom. The van der Waals surface area contributed by atoms with Gasteiger partial charge >= 0.3 is 5.97 Å². The number of rotatable bonds is 6. The van der Waals surface area contributed by atoms with Gasteiger partial charge in [0.25, 0.3) is 0 Å². The number of nitrogens with one attached hydrogen (secondary N) is 1. The lowest BCUT2D eigenvalue weighted by molar-refractivity contribution is -0.140. The lowest BCUT2D eigenvalue weighted by Gasteiger charge is -2.10. The lowest BCUT2D eigenvalue weighted by Crippen LogP contribution is -2.36. The molecule has 0 aliphatic carbocycles. The first-order chi connectivity index (χ1) is 7.53. The Bertz CT molecular complexity index is 321. The molecular weight excluding hydrogens is 234 g/mol. The zero-order valence-corrected chi connectivity index (χ0v) is 10.1. The predicted molar refractivity (Wildman–Crippen MR) is 57.4 cm³/mol. The molecule has 1 aliphatic rings. The summed E-state index contributed by atoms with van der Waals surface area (Å²) in [6, 6.07) is -0.122. The molecule has 1 fully saturated rings. The van der Waals surface area contributed by atoms with E-state index in [1.165, 1.54) is 7.11 Å². The van der Waals surface area contributed by atoms with Gasteiger partial charge in [-0.05, 0) is 12.8 Å². The highest BCUT2D eigenvalue weighted by molar-refractivity contribution is 7.89. The van der Waals surface area contributed by atoms with Crippen LogP contribution in [0.5, 0.6) is 0 Å². The number of carbonyl (C=O) groups excluding carboxylic acids is 1. The van der Waals surface area contributed by atoms with Crippen molar-refractivity contribution in [3.05, 3.63) is 0 Å². The van der Waals surface area contributed by atoms with Gasteiger partial charge in [-0.3, -0.25) is 4.79 Å². The van der Waals surface area contributed by atoms with Crippen LogP contribution < -0.4 is 4.72 Å². The van der Waals surface area contributed by atoms with Gasteiger partial charge in [-0.15, -0.1) is 0 Å². The van der Waals surface area contributed by atoms with Crippen molar-refractivity contribution in [2.24, 2.45) is 0 Å². The molecule has 1 N–H and O–H groups in total. The highest BCUT2D eigenvalue weighted by Crippen LogP contribution is 2.06. The van der Waals surface area contributed by atoms with Crippen LogP contribution in [0.1, 0.15) is 19.3 Å². The Kier molecular flexibility index (Phi) is 5.17. The molecular formula is C9H17NO5S. The first kappa shape index (κ1) is 13.4. The van der Waals surface area contributed by atoms with E-state index in [0.29, 0.717) is 19.6 Å². The van der Waals surface area contributed by atoms with E-state index < -0.39 is 10.0 Å². The molecule has 0 aromatic carbocycles. The summed E-state index contributed by atoms with van der Waals surface area (Å²) in [7, 11) is -2.02. The smallest absolute Gasteiger partial charge is 0.305 e. The molecule has 0 radical (unpaired) electrons. The molecule has 1 heterocycles. The van der Waals surface area contributed by atoms with Crippen molar-refractivity contribution in [1.29, 1.82) is 0 Å². The van der Waals surface area contributed by atoms with Crippen LogP contribution in [-0.4, -0.2) is 46.5 Å². The molecule has 0 aromatic heterocycles. The number of hydrogen-bond acceptors (Lipinski definition) is 5. The summed E-state index contributed by atoms with van der Waals surface area (Å²) in [4.78, 5) is 10.8. The Hall–Kier alpha value is -0.660. The molecule has 0 bridgehead atoms. The fraction of sp³-hybridized carbons (Fsp3) is 0.889. The maximum Gasteiger partial charge on any atom is 0.305 e. The fourth-order valence-electron chi connectivity index (χ4n) is 1.45. The predicted octanol–water partition coefficient (Wildman–Crippen LogP) is -0.352. The van der Waals surface area contributed by atoms with Crippen LogP contribution in [0.25, 0.3) is 0 Å². The van der Waals surface area contributed by atoms with Crippen LogP contribution in [0.3, 0.4) is 0 Å². The van der Waals surface area contributed by atoms with Crippen LogP contribution >= 0.6 is 0 Å². The van der Waals surface area contributed by atoms with Crippen LogP contribution in [0.2, 0.25) is 0 Å². The minimum Gasteiger partial charge on any atom is -0.469 e. The summed E-state index contributed by atoms with van der Waals surface area (Å²) in [6.07, 6.45) is 1.10. The van der Waals surface area contributed by atoms with E-state index in [2.05, 4.69) is 9.46 Å². The molecule has 1 aliphatic heterocycles. The second kappa shape index (κ2) is 6.17. The van der Waals surface area contributed by atoms with E-state index in [-0.39, 0.29) is 30.6 Å². The molecule has 0 amide bonds. The van der Waals surface area contributed by atoms with Gasteiger partial charge < -0.3 is 9.47 Å². The van der Waals surface area contributed by atoms with Gasteiger partial charge in [0, 0.05) is 19.1 Å². The number of methoxy groups -OCH3 is 1. The van der Waals surface area contributed by atoms with Crippen LogP contribution in [0.15, 0.2) is 0 Å². The number of ether oxygens (including phenoxy) is 2. The summed E-state index contributed by atoms with van der Waals surface area (Å²) in [5, 5.41) is 0. The minimum atomic E-state index is -3.31. The van der Waals surface area contributed by atoms with Gasteiger partial charge in [-0.1, -0.05) is 0 Å². The van der Waals surface area contributed by atoms with Crippen molar-refractivity contribution in [3.63, 3.8) is 0 Å². The second-order valence-electron chi connectivity index (χ2n) is 3.68. The van der Waals surface area contributed by atoms with Crippen molar-refractivity contribution in [1.82, 2.24) is 4.72 Å². The van der Waals surface area contributed by atoms with E-state index in [9.17, 15) is 13.2 Å². The average molecular weight is 251 g/mol. The zero-order valence-electron chi connectivity index (χ0n) is 9.27. The monoisotopic (exact) mass is 251 g/mol. The van der Waals surface area contributed by atoms with Gasteiger partial charge in [0.2, 0.25) is 10.0 Å². The molecule has 0 spiro atoms. The minimum absolute atomic E-state index is 0.0569. The molecule has 0 aromatic rings. The number of carbonyl (C=O) groups is 1. The van der Waals surface area contributed by atoms with E-state index >= 15 is 0 Å². The van der Waals surface area contributed by atoms with Crippen molar-refractivity contribution >= 4 is 16.0 Å². The van der Waals surface area contributed by atoms with Crippen LogP contribution in [-0.2, 0) is 24.3 Å². The molecule has 0 saturated carbocycles. The Balaban J connectivity index is 2.25. The summed E-state index contributed by atoms with van der Waals surface area (Å²) < 4.78 is 35.1. The van der Waals surface area contributed by atoms with Crippen molar-refractivity contribution < 1.29 is 22.7 Å². The molecule has 1 rings (SSSR count). The maximum atomic E-state index is 11.5. The topological polar surface area (TPSA) is 81.7 Å². The van der Waals surface area contributed by atoms with Crippen molar-refractivity contribution in [2.45, 2.75) is 25.3 Å². The highest BCUT2D eigenvalue weighted by Gasteiger charge is 2.21. The van der Waals surface area contributed by atoms with Crippen molar-refractivity contribution in [3.8, 4) is 0 Å². The second-order valence-corrected chi connectivity index (χ2v) is 5.55. The number of esters is 1. The first-order valence-corrected chi connectivity index (χ1v) is 6.83. The Morgan fingerprint density at radius 3 is 2.88 bits per heavy atom. The van der Waals surface area contributed by atoms with E-state index in [4.69, 9.17) is 4.74 Å². The molecule has 1 atom stereocenters. The Labute approximate surface area is 95.4 Å². The normalized spacial score (nSPS) is 20.9. The van der Waals surface area contributed by atoms with Gasteiger partial charge in [0.15, 0.2) is 0 Å². The van der Waals surface area contributed by atoms with Crippen LogP contribution in [0, 0.1) is 0 Å². The van der Waals surface area contributed by atoms with Gasteiger partial charge in [-0.2, -0.15) is 0 Å². The molecule has 94 valence electrons. The number of hydrogen-bond donors (Lipinski definition) is 1. The van der Waals surface area contributed by atoms with Gasteiger partial charge in [-0.25, -0.2) is 13.1 Å². The third-order valence-electron chi connectivity index (χ3n) is 2.30. The third-order valence-corrected chi connectivity index (χ3v) is 3.82. The highest BCUT2D eigenvalue weighted by atomic mass is 32.2. The molecule has 7 heteroatoms. The molecule has 6 nitrogen and oxygen atoms in total. The Morgan fingerprint density at radius 2 is 2.31 bits per heavy atom. The SMILES string of the molecule is COC(=O)CCCS(=O)(=O)NC1CCOC1.